The number of hydrogen-bond donors (Lipinski definition) is 1. The number of benzene rings is 2. The molecule has 0 bridgehead atoms. The Morgan fingerprint density at radius 2 is 1.67 bits per heavy atom. The fourth-order valence-electron chi connectivity index (χ4n) is 2.10. The average molecular weight is 240 g/mol. The van der Waals surface area contributed by atoms with E-state index in [-0.39, 0.29) is 0 Å². The first-order valence-electron chi connectivity index (χ1n) is 6.19. The van der Waals surface area contributed by atoms with Crippen molar-refractivity contribution >= 4 is 11.4 Å². The van der Waals surface area contributed by atoms with Gasteiger partial charge in [-0.1, -0.05) is 23.8 Å². The van der Waals surface area contributed by atoms with Crippen LogP contribution in [0.5, 0.6) is 0 Å². The van der Waals surface area contributed by atoms with Crippen molar-refractivity contribution in [3.63, 3.8) is 0 Å². The van der Waals surface area contributed by atoms with E-state index in [2.05, 4.69) is 56.1 Å². The molecule has 2 aromatic carbocycles. The van der Waals surface area contributed by atoms with E-state index in [1.165, 1.54) is 22.4 Å². The summed E-state index contributed by atoms with van der Waals surface area (Å²) in [6.45, 7) is 5.20. The van der Waals surface area contributed by atoms with Gasteiger partial charge in [-0.15, -0.1) is 0 Å². The molecule has 0 unspecified atom stereocenters. The molecule has 0 fully saturated rings. The lowest BCUT2D eigenvalue weighted by Gasteiger charge is -2.21. The minimum absolute atomic E-state index is 0.804. The van der Waals surface area contributed by atoms with Crippen molar-refractivity contribution < 1.29 is 0 Å². The summed E-state index contributed by atoms with van der Waals surface area (Å²) < 4.78 is 0. The van der Waals surface area contributed by atoms with Crippen LogP contribution < -0.4 is 10.6 Å². The summed E-state index contributed by atoms with van der Waals surface area (Å²) >= 11 is 0. The first-order chi connectivity index (χ1) is 8.56. The topological polar surface area (TPSA) is 29.3 Å². The zero-order chi connectivity index (χ0) is 13.1. The minimum Gasteiger partial charge on any atom is -0.399 e. The Labute approximate surface area is 109 Å². The summed E-state index contributed by atoms with van der Waals surface area (Å²) in [5.74, 6) is 0. The van der Waals surface area contributed by atoms with Crippen molar-refractivity contribution in [2.75, 3.05) is 17.7 Å². The molecule has 0 aliphatic heterocycles. The van der Waals surface area contributed by atoms with Crippen LogP contribution in [0.15, 0.2) is 42.5 Å². The molecule has 2 aromatic rings. The molecule has 2 heteroatoms. The molecule has 0 heterocycles. The molecule has 0 radical (unpaired) electrons. The van der Waals surface area contributed by atoms with Gasteiger partial charge in [0.1, 0.15) is 0 Å². The normalized spacial score (nSPS) is 10.4. The predicted octanol–water partition coefficient (Wildman–Crippen LogP) is 3.52. The highest BCUT2D eigenvalue weighted by Crippen LogP contribution is 2.19. The van der Waals surface area contributed by atoms with Crippen LogP contribution in [0.1, 0.15) is 16.7 Å². The van der Waals surface area contributed by atoms with E-state index in [1.807, 2.05) is 12.1 Å². The number of anilines is 2. The molecule has 18 heavy (non-hydrogen) atoms. The lowest BCUT2D eigenvalue weighted by molar-refractivity contribution is 0.913. The van der Waals surface area contributed by atoms with Crippen molar-refractivity contribution in [1.82, 2.24) is 0 Å². The van der Waals surface area contributed by atoms with Crippen LogP contribution in [0, 0.1) is 13.8 Å². The van der Waals surface area contributed by atoms with E-state index in [9.17, 15) is 0 Å². The van der Waals surface area contributed by atoms with Crippen LogP contribution in [0.25, 0.3) is 0 Å². The van der Waals surface area contributed by atoms with Crippen molar-refractivity contribution in [2.24, 2.45) is 0 Å². The average Bonchev–Trinajstić information content (AvgIpc) is 2.33. The van der Waals surface area contributed by atoms with Gasteiger partial charge in [-0.05, 0) is 49.2 Å². The van der Waals surface area contributed by atoms with Gasteiger partial charge in [0.05, 0.1) is 0 Å². The summed E-state index contributed by atoms with van der Waals surface area (Å²) in [6, 6.07) is 14.6. The summed E-state index contributed by atoms with van der Waals surface area (Å²) in [7, 11) is 2.10. The van der Waals surface area contributed by atoms with E-state index in [0.717, 1.165) is 12.2 Å². The Morgan fingerprint density at radius 3 is 2.28 bits per heavy atom. The molecule has 2 nitrogen and oxygen atoms in total. The highest BCUT2D eigenvalue weighted by atomic mass is 15.1. The predicted molar refractivity (Wildman–Crippen MR) is 78.9 cm³/mol. The molecule has 0 aliphatic rings. The SMILES string of the molecule is Cc1ccc(CN(C)c2ccc(N)cc2)c(C)c1. The molecule has 0 atom stereocenters. The van der Waals surface area contributed by atoms with E-state index >= 15 is 0 Å². The van der Waals surface area contributed by atoms with E-state index in [1.54, 1.807) is 0 Å². The van der Waals surface area contributed by atoms with Crippen molar-refractivity contribution in [1.29, 1.82) is 0 Å². The number of rotatable bonds is 3. The van der Waals surface area contributed by atoms with Gasteiger partial charge in [-0.2, -0.15) is 0 Å². The van der Waals surface area contributed by atoms with Gasteiger partial charge in [-0.25, -0.2) is 0 Å². The molecule has 0 aromatic heterocycles. The van der Waals surface area contributed by atoms with Crippen LogP contribution in [0.4, 0.5) is 11.4 Å². The summed E-state index contributed by atoms with van der Waals surface area (Å²) in [5, 5.41) is 0. The lowest BCUT2D eigenvalue weighted by atomic mass is 10.1. The number of nitrogens with two attached hydrogens (primary N) is 1. The molecule has 2 rings (SSSR count). The second-order valence-electron chi connectivity index (χ2n) is 4.88. The molecule has 0 spiro atoms. The Bertz CT molecular complexity index is 529. The van der Waals surface area contributed by atoms with E-state index in [0.29, 0.717) is 0 Å². The van der Waals surface area contributed by atoms with E-state index < -0.39 is 0 Å². The zero-order valence-electron chi connectivity index (χ0n) is 11.3. The Balaban J connectivity index is 2.15. The highest BCUT2D eigenvalue weighted by Gasteiger charge is 2.04. The van der Waals surface area contributed by atoms with Gasteiger partial charge in [0.15, 0.2) is 0 Å². The Morgan fingerprint density at radius 1 is 1.00 bits per heavy atom. The molecule has 0 amide bonds. The van der Waals surface area contributed by atoms with Gasteiger partial charge < -0.3 is 10.6 Å². The standard InChI is InChI=1S/C16H20N2/c1-12-4-5-14(13(2)10-12)11-18(3)16-8-6-15(17)7-9-16/h4-10H,11,17H2,1-3H3. The van der Waals surface area contributed by atoms with Crippen molar-refractivity contribution in [3.8, 4) is 0 Å². The second-order valence-corrected chi connectivity index (χ2v) is 4.88. The smallest absolute Gasteiger partial charge is 0.0428 e. The van der Waals surface area contributed by atoms with E-state index in [4.69, 9.17) is 5.73 Å². The van der Waals surface area contributed by atoms with Gasteiger partial charge in [0.2, 0.25) is 0 Å². The van der Waals surface area contributed by atoms with Crippen LogP contribution >= 0.6 is 0 Å². The molecule has 0 aliphatic carbocycles. The Kier molecular flexibility index (Phi) is 3.56. The van der Waals surface area contributed by atoms with Crippen molar-refractivity contribution in [2.45, 2.75) is 20.4 Å². The molecular formula is C16H20N2. The highest BCUT2D eigenvalue weighted by molar-refractivity contribution is 5.53. The minimum atomic E-state index is 0.804. The van der Waals surface area contributed by atoms with Crippen LogP contribution in [0.2, 0.25) is 0 Å². The molecular weight excluding hydrogens is 220 g/mol. The maximum atomic E-state index is 5.70. The third-order valence-electron chi connectivity index (χ3n) is 3.24. The Hall–Kier alpha value is -1.96. The molecule has 0 saturated carbocycles. The number of hydrogen-bond acceptors (Lipinski definition) is 2. The van der Waals surface area contributed by atoms with Gasteiger partial charge in [0, 0.05) is 25.0 Å². The van der Waals surface area contributed by atoms with Crippen LogP contribution in [-0.2, 0) is 6.54 Å². The van der Waals surface area contributed by atoms with Gasteiger partial charge in [-0.3, -0.25) is 0 Å². The van der Waals surface area contributed by atoms with Gasteiger partial charge in [0.25, 0.3) is 0 Å². The maximum Gasteiger partial charge on any atom is 0.0428 e. The summed E-state index contributed by atoms with van der Waals surface area (Å²) in [5.41, 5.74) is 11.7. The maximum absolute atomic E-state index is 5.70. The summed E-state index contributed by atoms with van der Waals surface area (Å²) in [4.78, 5) is 2.23. The third-order valence-corrected chi connectivity index (χ3v) is 3.24. The fourth-order valence-corrected chi connectivity index (χ4v) is 2.10. The monoisotopic (exact) mass is 240 g/mol. The van der Waals surface area contributed by atoms with Gasteiger partial charge >= 0.3 is 0 Å². The van der Waals surface area contributed by atoms with Crippen LogP contribution in [-0.4, -0.2) is 7.05 Å². The molecule has 94 valence electrons. The molecule has 0 saturated heterocycles. The summed E-state index contributed by atoms with van der Waals surface area (Å²) in [6.07, 6.45) is 0. The van der Waals surface area contributed by atoms with Crippen LogP contribution in [0.3, 0.4) is 0 Å². The fraction of sp³-hybridized carbons (Fsp3) is 0.250. The number of nitrogens with zero attached hydrogens (tertiary/aromatic N) is 1. The largest absolute Gasteiger partial charge is 0.399 e. The lowest BCUT2D eigenvalue weighted by Crippen LogP contribution is -2.17. The number of nitrogen functional groups attached to an aromatic ring is 1. The first kappa shape index (κ1) is 12.5. The third kappa shape index (κ3) is 2.83. The van der Waals surface area contributed by atoms with Crippen molar-refractivity contribution in [3.05, 3.63) is 59.2 Å². The quantitative estimate of drug-likeness (QED) is 0.832. The first-order valence-corrected chi connectivity index (χ1v) is 6.19. The number of aryl methyl sites for hydroxylation is 2. The molecule has 2 N–H and O–H groups in total. The zero-order valence-corrected chi connectivity index (χ0v) is 11.3. The second kappa shape index (κ2) is 5.13.